The van der Waals surface area contributed by atoms with Gasteiger partial charge in [0.05, 0.1) is 11.2 Å². The molecule has 1 amide bonds. The molecule has 0 aliphatic carbocycles. The highest BCUT2D eigenvalue weighted by molar-refractivity contribution is 7.89. The summed E-state index contributed by atoms with van der Waals surface area (Å²) in [7, 11) is -3.79. The summed E-state index contributed by atoms with van der Waals surface area (Å²) in [6.45, 7) is 0.116. The van der Waals surface area contributed by atoms with Crippen molar-refractivity contribution in [2.45, 2.75) is 11.4 Å². The lowest BCUT2D eigenvalue weighted by molar-refractivity contribution is 0.0942. The Kier molecular flexibility index (Phi) is 4.19. The number of amides is 1. The summed E-state index contributed by atoms with van der Waals surface area (Å²) >= 11 is 0. The molecule has 3 aromatic rings. The Balaban J connectivity index is 1.68. The first kappa shape index (κ1) is 16.0. The molecule has 1 aromatic carbocycles. The van der Waals surface area contributed by atoms with Crippen LogP contribution in [0.2, 0.25) is 0 Å². The first-order valence-corrected chi connectivity index (χ1v) is 8.38. The average molecular weight is 347 g/mol. The van der Waals surface area contributed by atoms with Crippen LogP contribution >= 0.6 is 0 Å². The molecule has 0 saturated carbocycles. The van der Waals surface area contributed by atoms with Gasteiger partial charge in [-0.1, -0.05) is 17.3 Å². The Labute approximate surface area is 137 Å². The molecule has 24 heavy (non-hydrogen) atoms. The second kappa shape index (κ2) is 6.30. The molecular weight excluding hydrogens is 334 g/mol. The zero-order valence-corrected chi connectivity index (χ0v) is 13.1. The Morgan fingerprint density at radius 2 is 2.00 bits per heavy atom. The molecule has 0 aliphatic heterocycles. The standard InChI is InChI=1S/C15H13N3O5S/c16-24(20,21)11-4-1-3-10(7-11)9-17-15(19)12-8-14(23-18-12)13-5-2-6-22-13/h1-8H,9H2,(H,17,19)(H2,16,20,21). The lowest BCUT2D eigenvalue weighted by Crippen LogP contribution is -2.23. The van der Waals surface area contributed by atoms with E-state index in [-0.39, 0.29) is 17.1 Å². The Morgan fingerprint density at radius 1 is 1.17 bits per heavy atom. The fourth-order valence-corrected chi connectivity index (χ4v) is 2.61. The highest BCUT2D eigenvalue weighted by Crippen LogP contribution is 2.20. The van der Waals surface area contributed by atoms with E-state index < -0.39 is 15.9 Å². The number of nitrogens with two attached hydrogens (primary N) is 1. The normalized spacial score (nSPS) is 11.4. The second-order valence-electron chi connectivity index (χ2n) is 4.93. The van der Waals surface area contributed by atoms with Gasteiger partial charge in [0.1, 0.15) is 0 Å². The number of hydrogen-bond donors (Lipinski definition) is 2. The third kappa shape index (κ3) is 3.53. The quantitative estimate of drug-likeness (QED) is 0.720. The Morgan fingerprint density at radius 3 is 2.71 bits per heavy atom. The van der Waals surface area contributed by atoms with E-state index >= 15 is 0 Å². The number of benzene rings is 1. The molecule has 124 valence electrons. The number of furan rings is 1. The van der Waals surface area contributed by atoms with Crippen LogP contribution in [0.1, 0.15) is 16.1 Å². The lowest BCUT2D eigenvalue weighted by atomic mass is 10.2. The van der Waals surface area contributed by atoms with Crippen LogP contribution in [-0.4, -0.2) is 19.5 Å². The molecular formula is C15H13N3O5S. The molecule has 9 heteroatoms. The van der Waals surface area contributed by atoms with Crippen molar-refractivity contribution < 1.29 is 22.2 Å². The third-order valence-corrected chi connectivity index (χ3v) is 4.10. The van der Waals surface area contributed by atoms with Gasteiger partial charge in [0, 0.05) is 12.6 Å². The van der Waals surface area contributed by atoms with Crippen molar-refractivity contribution >= 4 is 15.9 Å². The van der Waals surface area contributed by atoms with E-state index in [4.69, 9.17) is 14.1 Å². The van der Waals surface area contributed by atoms with E-state index in [2.05, 4.69) is 10.5 Å². The molecule has 3 rings (SSSR count). The van der Waals surface area contributed by atoms with Gasteiger partial charge in [-0.05, 0) is 29.8 Å². The minimum Gasteiger partial charge on any atom is -0.461 e. The molecule has 2 heterocycles. The maximum atomic E-state index is 12.1. The summed E-state index contributed by atoms with van der Waals surface area (Å²) < 4.78 is 32.8. The zero-order chi connectivity index (χ0) is 17.2. The SMILES string of the molecule is NS(=O)(=O)c1cccc(CNC(=O)c2cc(-c3ccco3)on2)c1. The summed E-state index contributed by atoms with van der Waals surface area (Å²) in [6, 6.07) is 10.8. The molecule has 3 N–H and O–H groups in total. The predicted octanol–water partition coefficient (Wildman–Crippen LogP) is 1.51. The maximum absolute atomic E-state index is 12.1. The number of sulfonamides is 1. The number of carbonyl (C=O) groups excluding carboxylic acids is 1. The number of carbonyl (C=O) groups is 1. The van der Waals surface area contributed by atoms with Gasteiger partial charge in [-0.25, -0.2) is 13.6 Å². The van der Waals surface area contributed by atoms with Crippen molar-refractivity contribution in [2.24, 2.45) is 5.14 Å². The van der Waals surface area contributed by atoms with Crippen LogP contribution in [0.5, 0.6) is 0 Å². The van der Waals surface area contributed by atoms with Gasteiger partial charge in [0.25, 0.3) is 5.91 Å². The first-order valence-electron chi connectivity index (χ1n) is 6.84. The lowest BCUT2D eigenvalue weighted by Gasteiger charge is -2.05. The zero-order valence-electron chi connectivity index (χ0n) is 12.3. The molecule has 0 atom stereocenters. The van der Waals surface area contributed by atoms with Crippen molar-refractivity contribution in [1.82, 2.24) is 10.5 Å². The summed E-state index contributed by atoms with van der Waals surface area (Å²) in [6.07, 6.45) is 1.48. The monoisotopic (exact) mass is 347 g/mol. The van der Waals surface area contributed by atoms with Gasteiger partial charge in [0.15, 0.2) is 11.5 Å². The van der Waals surface area contributed by atoms with Crippen LogP contribution in [0.3, 0.4) is 0 Å². The van der Waals surface area contributed by atoms with Crippen LogP contribution < -0.4 is 10.5 Å². The van der Waals surface area contributed by atoms with Crippen LogP contribution in [-0.2, 0) is 16.6 Å². The van der Waals surface area contributed by atoms with E-state index in [0.29, 0.717) is 17.1 Å². The van der Waals surface area contributed by atoms with Crippen LogP contribution in [0, 0.1) is 0 Å². The highest BCUT2D eigenvalue weighted by atomic mass is 32.2. The number of nitrogens with zero attached hydrogens (tertiary/aromatic N) is 1. The van der Waals surface area contributed by atoms with Gasteiger partial charge in [-0.15, -0.1) is 0 Å². The number of primary sulfonamides is 1. The molecule has 0 saturated heterocycles. The summed E-state index contributed by atoms with van der Waals surface area (Å²) in [5.41, 5.74) is 0.675. The smallest absolute Gasteiger partial charge is 0.273 e. The second-order valence-corrected chi connectivity index (χ2v) is 6.49. The topological polar surface area (TPSA) is 128 Å². The molecule has 0 radical (unpaired) electrons. The van der Waals surface area contributed by atoms with E-state index in [1.807, 2.05) is 0 Å². The molecule has 0 spiro atoms. The van der Waals surface area contributed by atoms with Crippen molar-refractivity contribution in [1.29, 1.82) is 0 Å². The van der Waals surface area contributed by atoms with Crippen molar-refractivity contribution in [2.75, 3.05) is 0 Å². The predicted molar refractivity (Wildman–Crippen MR) is 83.2 cm³/mol. The van der Waals surface area contributed by atoms with Crippen LogP contribution in [0.25, 0.3) is 11.5 Å². The number of hydrogen-bond acceptors (Lipinski definition) is 6. The van der Waals surface area contributed by atoms with Gasteiger partial charge in [-0.2, -0.15) is 0 Å². The molecule has 0 unspecified atom stereocenters. The fraction of sp³-hybridized carbons (Fsp3) is 0.0667. The van der Waals surface area contributed by atoms with Crippen LogP contribution in [0.15, 0.2) is 62.6 Å². The van der Waals surface area contributed by atoms with Crippen molar-refractivity contribution in [3.05, 3.63) is 60.0 Å². The number of aromatic nitrogens is 1. The van der Waals surface area contributed by atoms with E-state index in [1.165, 1.54) is 24.5 Å². The maximum Gasteiger partial charge on any atom is 0.273 e. The number of rotatable bonds is 5. The Hall–Kier alpha value is -2.91. The average Bonchev–Trinajstić information content (AvgIpc) is 3.22. The summed E-state index contributed by atoms with van der Waals surface area (Å²) in [5, 5.41) is 11.4. The van der Waals surface area contributed by atoms with Gasteiger partial charge >= 0.3 is 0 Å². The molecule has 0 fully saturated rings. The van der Waals surface area contributed by atoms with E-state index in [9.17, 15) is 13.2 Å². The number of nitrogens with one attached hydrogen (secondary N) is 1. The van der Waals surface area contributed by atoms with Gasteiger partial charge in [-0.3, -0.25) is 4.79 Å². The van der Waals surface area contributed by atoms with Gasteiger partial charge in [0.2, 0.25) is 15.8 Å². The van der Waals surface area contributed by atoms with Crippen molar-refractivity contribution in [3.63, 3.8) is 0 Å². The highest BCUT2D eigenvalue weighted by Gasteiger charge is 2.15. The minimum atomic E-state index is -3.79. The molecule has 0 bridgehead atoms. The largest absolute Gasteiger partial charge is 0.461 e. The van der Waals surface area contributed by atoms with Crippen LogP contribution in [0.4, 0.5) is 0 Å². The summed E-state index contributed by atoms with van der Waals surface area (Å²) in [4.78, 5) is 12.1. The first-order chi connectivity index (χ1) is 11.4. The Bertz CT molecular complexity index is 961. The molecule has 2 aromatic heterocycles. The van der Waals surface area contributed by atoms with E-state index in [1.54, 1.807) is 24.3 Å². The molecule has 0 aliphatic rings. The summed E-state index contributed by atoms with van der Waals surface area (Å²) in [5.74, 6) is 0.335. The van der Waals surface area contributed by atoms with Gasteiger partial charge < -0.3 is 14.3 Å². The fourth-order valence-electron chi connectivity index (χ4n) is 2.02. The third-order valence-electron chi connectivity index (χ3n) is 3.19. The minimum absolute atomic E-state index is 0.0178. The molecule has 8 nitrogen and oxygen atoms in total. The van der Waals surface area contributed by atoms with E-state index in [0.717, 1.165) is 0 Å². The van der Waals surface area contributed by atoms with Crippen molar-refractivity contribution in [3.8, 4) is 11.5 Å².